The SMILES string of the molecule is CCC(CO)OCC(COCC(CS(C)=O)S(C)=O)OC.CCC(CO)OCC(CS(C)(=O)=O)OC.CCC(CO)OCC(CS(C)=O)OC.CCC(CO)OCC(CS(C)=O)OCC(CS(C)(=O)=O)OC.CCC(CO)OCC(OC)C(CS(C)(=O)=O)S(C)(=O)=O.CCC(CO)OCC(OC)C(CS(C)=O)S(C)=O. The maximum atomic E-state index is 11.7. The predicted octanol–water partition coefficient (Wildman–Crippen LogP) is -1.31. The number of aliphatic hydroxyl groups excluding tert-OH is 6. The van der Waals surface area contributed by atoms with Crippen molar-refractivity contribution in [1.82, 2.24) is 0 Å². The Kier molecular flexibility index (Phi) is 80.0. The minimum atomic E-state index is -3.62. The molecule has 0 aliphatic rings. The van der Waals surface area contributed by atoms with Crippen LogP contribution in [-0.2, 0) is 170 Å². The quantitative estimate of drug-likeness (QED) is 0.0412. The van der Waals surface area contributed by atoms with Crippen LogP contribution in [0.5, 0.6) is 0 Å². The van der Waals surface area contributed by atoms with E-state index in [1.807, 2.05) is 41.5 Å². The monoisotopic (exact) mass is 1800 g/mol. The Morgan fingerprint density at radius 3 is 0.818 bits per heavy atom. The summed E-state index contributed by atoms with van der Waals surface area (Å²) >= 11 is 0. The minimum absolute atomic E-state index is 0.0160. The van der Waals surface area contributed by atoms with Gasteiger partial charge in [0.2, 0.25) is 0 Å². The average Bonchev–Trinajstić information content (AvgIpc) is 0.835. The molecule has 0 amide bonds. The van der Waals surface area contributed by atoms with Gasteiger partial charge in [0.05, 0.1) is 212 Å². The van der Waals surface area contributed by atoms with Crippen LogP contribution in [0.25, 0.3) is 0 Å². The Hall–Kier alpha value is -0.100. The van der Waals surface area contributed by atoms with Crippen LogP contribution in [0.15, 0.2) is 0 Å². The predicted molar refractivity (Wildman–Crippen MR) is 437 cm³/mol. The van der Waals surface area contributed by atoms with Gasteiger partial charge in [0.15, 0.2) is 9.84 Å². The molecule has 0 aromatic carbocycles. The summed E-state index contributed by atoms with van der Waals surface area (Å²) in [5.41, 5.74) is 0. The Balaban J connectivity index is -0.000000297. The molecule has 34 nitrogen and oxygen atoms in total. The summed E-state index contributed by atoms with van der Waals surface area (Å²) < 4.78 is 233. The van der Waals surface area contributed by atoms with Crippen LogP contribution in [0.4, 0.5) is 0 Å². The van der Waals surface area contributed by atoms with Gasteiger partial charge in [-0.15, -0.1) is 0 Å². The standard InChI is InChI=1S/C13H28O7S2.C13H28O6S2.C11H24O7S2.C11H24O5S2.C9H20O5S.C9H20O4S/c1-5-11(6-14)19-7-12(9-21(3)15)20-8-13(18-2)10-22(4,16)17;1-5-11(6-14)19-8-12(17-2)7-18-9-13(21(4)16)10-20(3)15;1-5-9(6-12)18-7-10(17-2)11(20(4,15)16)8-19(3,13)14;1-5-9(6-12)16-7-10(15-2)11(18(4)14)8-17(3)13;1-4-8(5-10)14-6-9(13-2)7-15(3,11)12;1-4-8(5-10)13-6-9(12-2)7-14(3)11/h11-14H,5-10H2,1-4H3;11-14H,5-10H2,1-4H3;9-12H,5-8H2,1-4H3;9-12H,5-8H2,1-4H3;8-10H,4-7H2,1-3H3;8-10H,4-7H2,1-3H3. The summed E-state index contributed by atoms with van der Waals surface area (Å²) in [4.78, 5) is 0. The molecule has 0 fully saturated rings. The molecule has 0 rings (SSSR count). The van der Waals surface area contributed by atoms with Crippen molar-refractivity contribution in [2.45, 2.75) is 175 Å². The van der Waals surface area contributed by atoms with Gasteiger partial charge in [-0.05, 0) is 38.5 Å². The van der Waals surface area contributed by atoms with Crippen LogP contribution in [-0.4, -0.2) is 429 Å². The summed E-state index contributed by atoms with van der Waals surface area (Å²) in [5.74, 6) is 0.700. The van der Waals surface area contributed by atoms with Gasteiger partial charge in [0.25, 0.3) is 0 Å². The molecule has 22 unspecified atom stereocenters. The zero-order valence-electron chi connectivity index (χ0n) is 69.2. The van der Waals surface area contributed by atoms with Crippen molar-refractivity contribution in [1.29, 1.82) is 0 Å². The van der Waals surface area contributed by atoms with Gasteiger partial charge >= 0.3 is 0 Å². The zero-order chi connectivity index (χ0) is 86.4. The van der Waals surface area contributed by atoms with Gasteiger partial charge < -0.3 is 97.0 Å². The lowest BCUT2D eigenvalue weighted by molar-refractivity contribution is -0.0723. The average molecular weight is 1800 g/mol. The summed E-state index contributed by atoms with van der Waals surface area (Å²) in [6.45, 7) is 12.9. The lowest BCUT2D eigenvalue weighted by atomic mass is 10.2. The van der Waals surface area contributed by atoms with Crippen LogP contribution >= 0.6 is 0 Å². The van der Waals surface area contributed by atoms with Crippen LogP contribution in [0.3, 0.4) is 0 Å². The molecular weight excluding hydrogens is 1660 g/mol. The highest BCUT2D eigenvalue weighted by molar-refractivity contribution is 7.95. The van der Waals surface area contributed by atoms with Crippen LogP contribution < -0.4 is 0 Å². The molecule has 0 aliphatic carbocycles. The lowest BCUT2D eigenvalue weighted by Gasteiger charge is -2.25. The molecule has 0 saturated carbocycles. The van der Waals surface area contributed by atoms with Gasteiger partial charge in [0, 0.05) is 182 Å². The highest BCUT2D eigenvalue weighted by atomic mass is 32.2. The van der Waals surface area contributed by atoms with Crippen LogP contribution in [0, 0.1) is 0 Å². The first-order valence-corrected chi connectivity index (χ1v) is 53.8. The van der Waals surface area contributed by atoms with Crippen molar-refractivity contribution in [3.63, 3.8) is 0 Å². The smallest absolute Gasteiger partial charge is 0.153 e. The lowest BCUT2D eigenvalue weighted by Crippen LogP contribution is -2.43. The first-order valence-electron chi connectivity index (χ1n) is 35.5. The Labute approximate surface area is 675 Å². The summed E-state index contributed by atoms with van der Waals surface area (Å²) in [6, 6.07) is 0. The van der Waals surface area contributed by atoms with Crippen molar-refractivity contribution in [2.75, 3.05) is 245 Å². The second-order valence-corrected chi connectivity index (χ2v) is 43.5. The van der Waals surface area contributed by atoms with Crippen LogP contribution in [0.2, 0.25) is 0 Å². The highest BCUT2D eigenvalue weighted by Gasteiger charge is 2.35. The number of methoxy groups -OCH3 is 6. The molecule has 0 heterocycles. The van der Waals surface area contributed by atoms with Crippen molar-refractivity contribution in [3.8, 4) is 0 Å². The molecule has 0 saturated heterocycles. The molecule has 0 spiro atoms. The molecule has 0 radical (unpaired) electrons. The molecule has 0 aromatic heterocycles. The fourth-order valence-electron chi connectivity index (χ4n) is 8.50. The third kappa shape index (κ3) is 73.1. The minimum Gasteiger partial charge on any atom is -0.394 e. The van der Waals surface area contributed by atoms with E-state index in [4.69, 9.17) is 97.0 Å². The van der Waals surface area contributed by atoms with Crippen molar-refractivity contribution in [3.05, 3.63) is 0 Å². The van der Waals surface area contributed by atoms with Gasteiger partial charge in [-0.2, -0.15) is 0 Å². The topological polar surface area (TPSA) is 490 Å². The third-order valence-corrected chi connectivity index (χ3v) is 26.5. The molecule has 6 N–H and O–H groups in total. The molecule has 672 valence electrons. The summed E-state index contributed by atoms with van der Waals surface area (Å²) in [5, 5.41) is 52.2. The Morgan fingerprint density at radius 2 is 0.564 bits per heavy atom. The molecule has 0 aliphatic heterocycles. The third-order valence-electron chi connectivity index (χ3n) is 15.5. The molecular formula is C66H144O34S10. The van der Waals surface area contributed by atoms with E-state index in [0.717, 1.165) is 37.9 Å². The van der Waals surface area contributed by atoms with E-state index in [0.29, 0.717) is 62.8 Å². The number of aliphatic hydroxyl groups is 6. The number of hydrogen-bond donors (Lipinski definition) is 6. The van der Waals surface area contributed by atoms with E-state index in [2.05, 4.69) is 0 Å². The zero-order valence-corrected chi connectivity index (χ0v) is 77.4. The normalized spacial score (nSPS) is 18.1. The van der Waals surface area contributed by atoms with Crippen molar-refractivity contribution >= 4 is 104 Å². The second-order valence-electron chi connectivity index (χ2n) is 25.5. The van der Waals surface area contributed by atoms with E-state index < -0.39 is 146 Å². The van der Waals surface area contributed by atoms with Gasteiger partial charge in [-0.1, -0.05) is 41.5 Å². The Bertz CT molecular complexity index is 2790. The molecule has 0 aromatic rings. The van der Waals surface area contributed by atoms with Crippen molar-refractivity contribution < 1.29 is 156 Å². The van der Waals surface area contributed by atoms with Gasteiger partial charge in [-0.3, -0.25) is 25.3 Å². The van der Waals surface area contributed by atoms with Crippen molar-refractivity contribution in [2.24, 2.45) is 0 Å². The fraction of sp³-hybridized carbons (Fsp3) is 1.00. The molecule has 44 heteroatoms. The number of hydrogen-bond acceptors (Lipinski definition) is 34. The van der Waals surface area contributed by atoms with E-state index in [-0.39, 0.29) is 156 Å². The maximum absolute atomic E-state index is 11.7. The first-order chi connectivity index (χ1) is 51.2. The summed E-state index contributed by atoms with van der Waals surface area (Å²) in [6.07, 6.45) is 13.2. The second kappa shape index (κ2) is 72.9. The highest BCUT2D eigenvalue weighted by Crippen LogP contribution is 2.15. The van der Waals surface area contributed by atoms with E-state index in [9.17, 15) is 58.9 Å². The fourth-order valence-corrected chi connectivity index (χ4v) is 20.0. The summed E-state index contributed by atoms with van der Waals surface area (Å²) in [7, 11) is -10.7. The van der Waals surface area contributed by atoms with Gasteiger partial charge in [-0.25, -0.2) is 33.7 Å². The molecule has 22 atom stereocenters. The number of rotatable bonds is 62. The Morgan fingerprint density at radius 1 is 0.291 bits per heavy atom. The molecule has 0 bridgehead atoms. The van der Waals surface area contributed by atoms with Crippen LogP contribution in [0.1, 0.15) is 80.1 Å². The van der Waals surface area contributed by atoms with E-state index in [1.54, 1.807) is 51.8 Å². The number of sulfone groups is 4. The first kappa shape index (κ1) is 121. The van der Waals surface area contributed by atoms with E-state index in [1.165, 1.54) is 28.4 Å². The van der Waals surface area contributed by atoms with Gasteiger partial charge in [0.1, 0.15) is 40.9 Å². The van der Waals surface area contributed by atoms with E-state index >= 15 is 0 Å². The largest absolute Gasteiger partial charge is 0.394 e. The number of ether oxygens (including phenoxy) is 14. The maximum Gasteiger partial charge on any atom is 0.153 e. The molecule has 110 heavy (non-hydrogen) atoms.